The highest BCUT2D eigenvalue weighted by molar-refractivity contribution is 5.92. The Morgan fingerprint density at radius 1 is 1.39 bits per heavy atom. The maximum Gasteiger partial charge on any atom is 0.345 e. The average molecular weight is 437 g/mol. The second-order valence-corrected chi connectivity index (χ2v) is 8.87. The maximum atomic E-state index is 12.9. The van der Waals surface area contributed by atoms with Crippen molar-refractivity contribution in [2.45, 2.75) is 45.6 Å². The molecule has 1 unspecified atom stereocenters. The summed E-state index contributed by atoms with van der Waals surface area (Å²) >= 11 is 0. The summed E-state index contributed by atoms with van der Waals surface area (Å²) in [6.45, 7) is 5.50. The van der Waals surface area contributed by atoms with Crippen molar-refractivity contribution >= 4 is 18.3 Å². The van der Waals surface area contributed by atoms with Gasteiger partial charge in [-0.15, -0.1) is 0 Å². The lowest BCUT2D eigenvalue weighted by Gasteiger charge is -2.36. The fraction of sp³-hybridized carbons (Fsp3) is 0.667. The molecule has 2 aliphatic rings. The van der Waals surface area contributed by atoms with Crippen LogP contribution in [0.4, 0.5) is 0 Å². The second-order valence-electron chi connectivity index (χ2n) is 8.87. The van der Waals surface area contributed by atoms with E-state index in [-0.39, 0.29) is 30.1 Å². The minimum atomic E-state index is -0.499. The van der Waals surface area contributed by atoms with Crippen LogP contribution >= 0.6 is 0 Å². The third-order valence-electron chi connectivity index (χ3n) is 5.55. The number of amides is 1. The zero-order chi connectivity index (χ0) is 23.2. The van der Waals surface area contributed by atoms with Crippen LogP contribution in [0.3, 0.4) is 0 Å². The van der Waals surface area contributed by atoms with E-state index in [4.69, 9.17) is 14.6 Å². The fourth-order valence-electron chi connectivity index (χ4n) is 4.22. The first-order valence-electron chi connectivity index (χ1n) is 10.4. The van der Waals surface area contributed by atoms with Crippen LogP contribution in [0.15, 0.2) is 10.9 Å². The highest BCUT2D eigenvalue weighted by Crippen LogP contribution is 2.43. The van der Waals surface area contributed by atoms with Gasteiger partial charge in [-0.25, -0.2) is 4.79 Å². The molecule has 0 bridgehead atoms. The highest BCUT2D eigenvalue weighted by Gasteiger charge is 2.50. The average Bonchev–Trinajstić information content (AvgIpc) is 2.95. The van der Waals surface area contributed by atoms with Crippen molar-refractivity contribution in [3.05, 3.63) is 27.9 Å². The molecule has 1 aromatic heterocycles. The van der Waals surface area contributed by atoms with Crippen molar-refractivity contribution in [2.75, 3.05) is 33.7 Å². The molecule has 0 aliphatic carbocycles. The molecule has 1 spiro atoms. The number of nitrogens with one attached hydrogen (secondary N) is 1. The third kappa shape index (κ3) is 6.36. The summed E-state index contributed by atoms with van der Waals surface area (Å²) in [5.74, 6) is -0.0264. The number of carboxylic acid groups (broad SMARTS) is 1. The molecular weight excluding hydrogens is 404 g/mol. The van der Waals surface area contributed by atoms with Gasteiger partial charge in [-0.3, -0.25) is 14.4 Å². The molecule has 3 heterocycles. The number of carbonyl (C=O) groups excluding carboxylic acids is 2. The molecule has 1 atom stereocenters. The van der Waals surface area contributed by atoms with E-state index in [0.29, 0.717) is 51.2 Å². The van der Waals surface area contributed by atoms with Gasteiger partial charge in [0.25, 0.3) is 12.4 Å². The molecule has 1 amide bonds. The molecular formula is C21H32N4O6. The Morgan fingerprint density at radius 2 is 2.00 bits per heavy atom. The first-order valence-corrected chi connectivity index (χ1v) is 10.4. The Morgan fingerprint density at radius 3 is 2.55 bits per heavy atom. The van der Waals surface area contributed by atoms with Gasteiger partial charge in [0.1, 0.15) is 11.8 Å². The van der Waals surface area contributed by atoms with E-state index >= 15 is 0 Å². The van der Waals surface area contributed by atoms with Gasteiger partial charge < -0.3 is 24.6 Å². The second kappa shape index (κ2) is 10.5. The first-order chi connectivity index (χ1) is 14.6. The number of aromatic amines is 1. The SMILES string of the molecule is CC(C)Cc1cc(C(=O)N2CCC3(CC2)CC(CN(C)C)OC3=O)nc(=O)[nH]1.O=CO. The topological polar surface area (TPSA) is 133 Å². The van der Waals surface area contributed by atoms with Gasteiger partial charge in [0.05, 0.1) is 5.41 Å². The highest BCUT2D eigenvalue weighted by atomic mass is 16.6. The molecule has 0 aromatic carbocycles. The van der Waals surface area contributed by atoms with Crippen LogP contribution in [0.1, 0.15) is 49.3 Å². The summed E-state index contributed by atoms with van der Waals surface area (Å²) in [4.78, 5) is 55.8. The molecule has 10 heteroatoms. The molecule has 2 N–H and O–H groups in total. The number of piperidine rings is 1. The molecule has 2 aliphatic heterocycles. The number of cyclic esters (lactones) is 1. The number of hydrogen-bond donors (Lipinski definition) is 2. The fourth-order valence-corrected chi connectivity index (χ4v) is 4.22. The molecule has 0 saturated carbocycles. The molecule has 1 aromatic rings. The zero-order valence-electron chi connectivity index (χ0n) is 18.6. The normalized spacial score (nSPS) is 19.9. The molecule has 0 radical (unpaired) electrons. The summed E-state index contributed by atoms with van der Waals surface area (Å²) in [5.41, 5.74) is -0.0876. The minimum absolute atomic E-state index is 0.0855. The molecule has 10 nitrogen and oxygen atoms in total. The quantitative estimate of drug-likeness (QED) is 0.511. The Hall–Kier alpha value is -2.75. The van der Waals surface area contributed by atoms with E-state index in [9.17, 15) is 14.4 Å². The Labute approximate surface area is 181 Å². The van der Waals surface area contributed by atoms with Gasteiger partial charge >= 0.3 is 11.7 Å². The van der Waals surface area contributed by atoms with Gasteiger partial charge in [-0.05, 0) is 45.3 Å². The smallest absolute Gasteiger partial charge is 0.345 e. The van der Waals surface area contributed by atoms with Crippen molar-refractivity contribution in [2.24, 2.45) is 11.3 Å². The lowest BCUT2D eigenvalue weighted by Crippen LogP contribution is -2.45. The van der Waals surface area contributed by atoms with E-state index in [0.717, 1.165) is 5.69 Å². The van der Waals surface area contributed by atoms with Gasteiger partial charge in [-0.1, -0.05) is 13.8 Å². The number of aromatic nitrogens is 2. The number of esters is 1. The summed E-state index contributed by atoms with van der Waals surface area (Å²) in [6.07, 6.45) is 2.47. The summed E-state index contributed by atoms with van der Waals surface area (Å²) in [6, 6.07) is 1.67. The van der Waals surface area contributed by atoms with Crippen molar-refractivity contribution < 1.29 is 24.2 Å². The molecule has 2 fully saturated rings. The standard InChI is InChI=1S/C20H30N4O4.CH2O2/c1-13(2)9-14-10-16(22-19(27)21-14)17(25)24-7-5-20(6-8-24)11-15(12-23(3)4)28-18(20)26;2-1-3/h10,13,15H,5-9,11-12H2,1-4H3,(H,21,22,27);1H,(H,2,3). The van der Waals surface area contributed by atoms with Crippen LogP contribution < -0.4 is 5.69 Å². The van der Waals surface area contributed by atoms with E-state index in [2.05, 4.69) is 23.8 Å². The number of hydrogen-bond acceptors (Lipinski definition) is 7. The van der Waals surface area contributed by atoms with Crippen LogP contribution in [0, 0.1) is 11.3 Å². The Bertz CT molecular complexity index is 843. The lowest BCUT2D eigenvalue weighted by atomic mass is 9.76. The van der Waals surface area contributed by atoms with Crippen molar-refractivity contribution in [1.82, 2.24) is 19.8 Å². The van der Waals surface area contributed by atoms with Crippen LogP contribution in [0.25, 0.3) is 0 Å². The van der Waals surface area contributed by atoms with Crippen LogP contribution in [-0.4, -0.2) is 83.1 Å². The lowest BCUT2D eigenvalue weighted by molar-refractivity contribution is -0.150. The largest absolute Gasteiger partial charge is 0.483 e. The zero-order valence-corrected chi connectivity index (χ0v) is 18.6. The van der Waals surface area contributed by atoms with E-state index in [1.807, 2.05) is 19.0 Å². The number of likely N-dealkylation sites (N-methyl/N-ethyl adjacent to an activating group) is 1. The van der Waals surface area contributed by atoms with Crippen LogP contribution in [0.5, 0.6) is 0 Å². The maximum absolute atomic E-state index is 12.9. The Kier molecular flexibility index (Phi) is 8.32. The predicted octanol–water partition coefficient (Wildman–Crippen LogP) is 0.769. The predicted molar refractivity (Wildman–Crippen MR) is 113 cm³/mol. The van der Waals surface area contributed by atoms with Crippen molar-refractivity contribution in [3.8, 4) is 0 Å². The number of carbonyl (C=O) groups is 3. The van der Waals surface area contributed by atoms with Gasteiger partial charge in [0, 0.05) is 31.7 Å². The van der Waals surface area contributed by atoms with E-state index < -0.39 is 11.1 Å². The van der Waals surface area contributed by atoms with E-state index in [1.54, 1.807) is 11.0 Å². The van der Waals surface area contributed by atoms with Gasteiger partial charge in [-0.2, -0.15) is 4.98 Å². The molecule has 3 rings (SSSR count). The van der Waals surface area contributed by atoms with Crippen molar-refractivity contribution in [1.29, 1.82) is 0 Å². The van der Waals surface area contributed by atoms with Crippen molar-refractivity contribution in [3.63, 3.8) is 0 Å². The number of nitrogens with zero attached hydrogens (tertiary/aromatic N) is 3. The van der Waals surface area contributed by atoms with Gasteiger partial charge in [0.15, 0.2) is 0 Å². The molecule has 31 heavy (non-hydrogen) atoms. The van der Waals surface area contributed by atoms with Crippen LogP contribution in [0.2, 0.25) is 0 Å². The molecule has 172 valence electrons. The number of likely N-dealkylation sites (tertiary alicyclic amines) is 1. The number of ether oxygens (including phenoxy) is 1. The van der Waals surface area contributed by atoms with E-state index in [1.165, 1.54) is 0 Å². The first kappa shape index (κ1) is 24.5. The summed E-state index contributed by atoms with van der Waals surface area (Å²) in [7, 11) is 3.92. The Balaban J connectivity index is 0.00000107. The van der Waals surface area contributed by atoms with Gasteiger partial charge in [0.2, 0.25) is 0 Å². The summed E-state index contributed by atoms with van der Waals surface area (Å²) in [5, 5.41) is 6.89. The minimum Gasteiger partial charge on any atom is -0.483 e. The number of H-pyrrole nitrogens is 1. The molecule has 2 saturated heterocycles. The summed E-state index contributed by atoms with van der Waals surface area (Å²) < 4.78 is 5.57. The monoisotopic (exact) mass is 436 g/mol. The number of rotatable bonds is 5. The van der Waals surface area contributed by atoms with Crippen LogP contribution in [-0.2, 0) is 20.7 Å². The third-order valence-corrected chi connectivity index (χ3v) is 5.55.